The zero-order valence-corrected chi connectivity index (χ0v) is 11.6. The van der Waals surface area contributed by atoms with Crippen molar-refractivity contribution in [1.29, 1.82) is 0 Å². The first-order chi connectivity index (χ1) is 8.32. The molecule has 1 aromatic rings. The van der Waals surface area contributed by atoms with E-state index in [9.17, 15) is 9.18 Å². The molecule has 1 amide bonds. The Bertz CT molecular complexity index is 479. The number of nitrogens with two attached hydrogens (primary N) is 1. The van der Waals surface area contributed by atoms with Gasteiger partial charge in [-0.15, -0.1) is 0 Å². The van der Waals surface area contributed by atoms with Crippen LogP contribution in [0, 0.1) is 11.7 Å². The van der Waals surface area contributed by atoms with E-state index in [1.807, 2.05) is 13.8 Å². The van der Waals surface area contributed by atoms with E-state index >= 15 is 0 Å². The predicted octanol–water partition coefficient (Wildman–Crippen LogP) is 2.52. The number of nitrogens with one attached hydrogen (secondary N) is 1. The molecule has 98 valence electrons. The molecule has 0 aliphatic heterocycles. The van der Waals surface area contributed by atoms with Gasteiger partial charge in [0.25, 0.3) is 5.91 Å². The molecule has 1 rings (SSSR count). The van der Waals surface area contributed by atoms with Crippen molar-refractivity contribution in [2.75, 3.05) is 0 Å². The lowest BCUT2D eigenvalue weighted by atomic mass is 10.0. The van der Waals surface area contributed by atoms with Gasteiger partial charge in [0.15, 0.2) is 0 Å². The summed E-state index contributed by atoms with van der Waals surface area (Å²) in [7, 11) is 0. The molecule has 0 saturated carbocycles. The Morgan fingerprint density at radius 2 is 2.11 bits per heavy atom. The summed E-state index contributed by atoms with van der Waals surface area (Å²) < 4.78 is 12.9. The molecule has 3 N–H and O–H groups in total. The Balaban J connectivity index is 2.91. The molecule has 0 heterocycles. The van der Waals surface area contributed by atoms with Gasteiger partial charge in [0.2, 0.25) is 0 Å². The van der Waals surface area contributed by atoms with Crippen LogP contribution in [0.4, 0.5) is 4.39 Å². The number of amides is 1. The topological polar surface area (TPSA) is 55.1 Å². The Morgan fingerprint density at radius 1 is 1.50 bits per heavy atom. The van der Waals surface area contributed by atoms with Crippen LogP contribution in [0.1, 0.15) is 24.2 Å². The number of benzene rings is 1. The van der Waals surface area contributed by atoms with E-state index in [0.717, 1.165) is 6.07 Å². The Hall–Kier alpha value is -1.20. The Morgan fingerprint density at radius 3 is 2.56 bits per heavy atom. The zero-order chi connectivity index (χ0) is 13.9. The van der Waals surface area contributed by atoms with Crippen molar-refractivity contribution < 1.29 is 9.18 Å². The SMILES string of the molecule is CC(C)C(NC(=O)c1ccc(F)cc1Cl)C(N)=S. The van der Waals surface area contributed by atoms with Crippen LogP contribution in [-0.2, 0) is 0 Å². The summed E-state index contributed by atoms with van der Waals surface area (Å²) in [5.41, 5.74) is 5.74. The zero-order valence-electron chi connectivity index (χ0n) is 10.0. The Labute approximate surface area is 115 Å². The smallest absolute Gasteiger partial charge is 0.253 e. The van der Waals surface area contributed by atoms with Crippen molar-refractivity contribution >= 4 is 34.7 Å². The molecule has 0 radical (unpaired) electrons. The van der Waals surface area contributed by atoms with Gasteiger partial charge in [-0.25, -0.2) is 4.39 Å². The molecule has 0 saturated heterocycles. The number of hydrogen-bond acceptors (Lipinski definition) is 2. The van der Waals surface area contributed by atoms with Gasteiger partial charge in [-0.3, -0.25) is 4.79 Å². The molecule has 18 heavy (non-hydrogen) atoms. The van der Waals surface area contributed by atoms with Gasteiger partial charge in [0, 0.05) is 0 Å². The lowest BCUT2D eigenvalue weighted by Gasteiger charge is -2.21. The summed E-state index contributed by atoms with van der Waals surface area (Å²) in [6.07, 6.45) is 0. The molecule has 1 unspecified atom stereocenters. The summed E-state index contributed by atoms with van der Waals surface area (Å²) in [5.74, 6) is -0.858. The maximum Gasteiger partial charge on any atom is 0.253 e. The van der Waals surface area contributed by atoms with Gasteiger partial charge in [0.05, 0.1) is 21.6 Å². The summed E-state index contributed by atoms with van der Waals surface area (Å²) in [5, 5.41) is 2.73. The van der Waals surface area contributed by atoms with Crippen molar-refractivity contribution in [3.8, 4) is 0 Å². The van der Waals surface area contributed by atoms with Crippen LogP contribution in [0.15, 0.2) is 18.2 Å². The molecule has 0 aromatic heterocycles. The largest absolute Gasteiger partial charge is 0.392 e. The quantitative estimate of drug-likeness (QED) is 0.837. The van der Waals surface area contributed by atoms with E-state index in [1.54, 1.807) is 0 Å². The van der Waals surface area contributed by atoms with Crippen LogP contribution in [0.2, 0.25) is 5.02 Å². The monoisotopic (exact) mass is 288 g/mol. The third-order valence-electron chi connectivity index (χ3n) is 2.44. The van der Waals surface area contributed by atoms with Crippen LogP contribution < -0.4 is 11.1 Å². The minimum atomic E-state index is -0.494. The number of thiocarbonyl (C=S) groups is 1. The number of rotatable bonds is 4. The number of carbonyl (C=O) groups excluding carboxylic acids is 1. The third kappa shape index (κ3) is 3.65. The molecule has 0 bridgehead atoms. The summed E-state index contributed by atoms with van der Waals surface area (Å²) in [6, 6.07) is 3.16. The van der Waals surface area contributed by atoms with Crippen LogP contribution in [0.3, 0.4) is 0 Å². The van der Waals surface area contributed by atoms with E-state index in [-0.39, 0.29) is 21.5 Å². The average molecular weight is 289 g/mol. The van der Waals surface area contributed by atoms with Crippen molar-refractivity contribution in [2.24, 2.45) is 11.7 Å². The number of carbonyl (C=O) groups is 1. The van der Waals surface area contributed by atoms with Gasteiger partial charge in [0.1, 0.15) is 5.82 Å². The van der Waals surface area contributed by atoms with Crippen molar-refractivity contribution in [3.63, 3.8) is 0 Å². The fraction of sp³-hybridized carbons (Fsp3) is 0.333. The Kier molecular flexibility index (Phi) is 5.04. The van der Waals surface area contributed by atoms with Gasteiger partial charge < -0.3 is 11.1 Å². The van der Waals surface area contributed by atoms with Gasteiger partial charge in [-0.2, -0.15) is 0 Å². The molecule has 0 fully saturated rings. The van der Waals surface area contributed by atoms with Crippen molar-refractivity contribution in [3.05, 3.63) is 34.6 Å². The highest BCUT2D eigenvalue weighted by Gasteiger charge is 2.20. The van der Waals surface area contributed by atoms with Gasteiger partial charge in [-0.05, 0) is 24.1 Å². The fourth-order valence-electron chi connectivity index (χ4n) is 1.46. The average Bonchev–Trinajstić information content (AvgIpc) is 2.24. The molecule has 0 aliphatic rings. The first-order valence-electron chi connectivity index (χ1n) is 5.38. The maximum atomic E-state index is 12.9. The van der Waals surface area contributed by atoms with Gasteiger partial charge >= 0.3 is 0 Å². The third-order valence-corrected chi connectivity index (χ3v) is 3.00. The molecular weight excluding hydrogens is 275 g/mol. The normalized spacial score (nSPS) is 12.3. The van der Waals surface area contributed by atoms with E-state index in [2.05, 4.69) is 5.32 Å². The highest BCUT2D eigenvalue weighted by Crippen LogP contribution is 2.17. The van der Waals surface area contributed by atoms with Gasteiger partial charge in [-0.1, -0.05) is 37.7 Å². The molecule has 0 spiro atoms. The summed E-state index contributed by atoms with van der Waals surface area (Å²) in [4.78, 5) is 12.2. The first-order valence-corrected chi connectivity index (χ1v) is 6.16. The lowest BCUT2D eigenvalue weighted by molar-refractivity contribution is 0.0940. The standard InChI is InChI=1S/C12H14ClFN2OS/c1-6(2)10(11(15)18)16-12(17)8-4-3-7(14)5-9(8)13/h3-6,10H,1-2H3,(H2,15,18)(H,16,17). The van der Waals surface area contributed by atoms with E-state index in [4.69, 9.17) is 29.6 Å². The van der Waals surface area contributed by atoms with E-state index in [1.165, 1.54) is 12.1 Å². The van der Waals surface area contributed by atoms with Crippen LogP contribution in [0.25, 0.3) is 0 Å². The molecule has 6 heteroatoms. The lowest BCUT2D eigenvalue weighted by Crippen LogP contribution is -2.46. The molecule has 3 nitrogen and oxygen atoms in total. The minimum absolute atomic E-state index is 0.0537. The van der Waals surface area contributed by atoms with E-state index < -0.39 is 17.8 Å². The second-order valence-electron chi connectivity index (χ2n) is 4.22. The second kappa shape index (κ2) is 6.11. The first kappa shape index (κ1) is 14.9. The number of halogens is 2. The second-order valence-corrected chi connectivity index (χ2v) is 5.10. The molecule has 1 atom stereocenters. The molecule has 0 aliphatic carbocycles. The fourth-order valence-corrected chi connectivity index (χ4v) is 2.04. The van der Waals surface area contributed by atoms with E-state index in [0.29, 0.717) is 0 Å². The van der Waals surface area contributed by atoms with Crippen LogP contribution in [-0.4, -0.2) is 16.9 Å². The summed E-state index contributed by atoms with van der Waals surface area (Å²) in [6.45, 7) is 3.77. The van der Waals surface area contributed by atoms with Crippen LogP contribution in [0.5, 0.6) is 0 Å². The van der Waals surface area contributed by atoms with Crippen LogP contribution >= 0.6 is 23.8 Å². The highest BCUT2D eigenvalue weighted by atomic mass is 35.5. The summed E-state index contributed by atoms with van der Waals surface area (Å²) >= 11 is 10.7. The van der Waals surface area contributed by atoms with Crippen molar-refractivity contribution in [2.45, 2.75) is 19.9 Å². The minimum Gasteiger partial charge on any atom is -0.392 e. The van der Waals surface area contributed by atoms with Crippen molar-refractivity contribution in [1.82, 2.24) is 5.32 Å². The molecular formula is C12H14ClFN2OS. The highest BCUT2D eigenvalue weighted by molar-refractivity contribution is 7.80. The molecule has 1 aromatic carbocycles. The number of hydrogen-bond donors (Lipinski definition) is 2. The predicted molar refractivity (Wildman–Crippen MR) is 74.3 cm³/mol. The maximum absolute atomic E-state index is 12.9.